The van der Waals surface area contributed by atoms with Gasteiger partial charge >= 0.3 is 5.97 Å². The average molecular weight is 212 g/mol. The summed E-state index contributed by atoms with van der Waals surface area (Å²) in [7, 11) is 0. The van der Waals surface area contributed by atoms with E-state index in [1.54, 1.807) is 0 Å². The molecule has 0 fully saturated rings. The molecule has 0 saturated heterocycles. The second-order valence-corrected chi connectivity index (χ2v) is 3.99. The molecule has 0 aromatic heterocycles. The standard InChI is InChI=1S/C12H17FO2/c1-9-5-4-7-10(12(9)13)6-2-3-8-11(14)15/h4-5,7,9,12H,2-3,6,8H2,1H3,(H,14,15). The van der Waals surface area contributed by atoms with Crippen LogP contribution in [-0.2, 0) is 4.79 Å². The molecule has 84 valence electrons. The lowest BCUT2D eigenvalue weighted by Crippen LogP contribution is -2.16. The molecule has 0 radical (unpaired) electrons. The normalized spacial score (nSPS) is 25.1. The molecule has 1 aliphatic rings. The van der Waals surface area contributed by atoms with E-state index in [0.29, 0.717) is 12.8 Å². The molecule has 1 N–H and O–H groups in total. The van der Waals surface area contributed by atoms with Crippen LogP contribution in [0.2, 0.25) is 0 Å². The summed E-state index contributed by atoms with van der Waals surface area (Å²) in [6.45, 7) is 1.85. The van der Waals surface area contributed by atoms with Gasteiger partial charge in [-0.05, 0) is 24.8 Å². The Morgan fingerprint density at radius 2 is 2.27 bits per heavy atom. The maximum atomic E-state index is 13.6. The molecule has 0 heterocycles. The summed E-state index contributed by atoms with van der Waals surface area (Å²) in [6, 6.07) is 0. The molecule has 2 atom stereocenters. The molecule has 0 bridgehead atoms. The third kappa shape index (κ3) is 3.86. The summed E-state index contributed by atoms with van der Waals surface area (Å²) in [5.41, 5.74) is 0.801. The maximum absolute atomic E-state index is 13.6. The van der Waals surface area contributed by atoms with E-state index in [9.17, 15) is 9.18 Å². The van der Waals surface area contributed by atoms with Crippen molar-refractivity contribution in [3.63, 3.8) is 0 Å². The number of rotatable bonds is 5. The van der Waals surface area contributed by atoms with Gasteiger partial charge in [-0.3, -0.25) is 4.79 Å². The Balaban J connectivity index is 2.29. The number of aliphatic carboxylic acids is 1. The highest BCUT2D eigenvalue weighted by Gasteiger charge is 2.20. The van der Waals surface area contributed by atoms with Crippen LogP contribution in [0.1, 0.15) is 32.6 Å². The molecule has 0 aliphatic heterocycles. The summed E-state index contributed by atoms with van der Waals surface area (Å²) < 4.78 is 13.6. The van der Waals surface area contributed by atoms with E-state index in [-0.39, 0.29) is 12.3 Å². The zero-order chi connectivity index (χ0) is 11.3. The van der Waals surface area contributed by atoms with E-state index in [1.807, 2.05) is 25.2 Å². The van der Waals surface area contributed by atoms with Gasteiger partial charge in [0.25, 0.3) is 0 Å². The molecule has 0 aromatic rings. The third-order valence-corrected chi connectivity index (χ3v) is 2.65. The average Bonchev–Trinajstić information content (AvgIpc) is 2.18. The predicted octanol–water partition coefficient (Wildman–Crippen LogP) is 3.10. The van der Waals surface area contributed by atoms with Crippen LogP contribution in [0.25, 0.3) is 0 Å². The van der Waals surface area contributed by atoms with Crippen molar-refractivity contribution in [2.24, 2.45) is 5.92 Å². The first-order valence-electron chi connectivity index (χ1n) is 5.34. The van der Waals surface area contributed by atoms with Gasteiger partial charge in [-0.15, -0.1) is 0 Å². The second-order valence-electron chi connectivity index (χ2n) is 3.99. The monoisotopic (exact) mass is 212 g/mol. The van der Waals surface area contributed by atoms with Crippen molar-refractivity contribution in [1.82, 2.24) is 0 Å². The van der Waals surface area contributed by atoms with E-state index in [1.165, 1.54) is 0 Å². The number of hydrogen-bond acceptors (Lipinski definition) is 1. The molecular weight excluding hydrogens is 195 g/mol. The van der Waals surface area contributed by atoms with Crippen molar-refractivity contribution in [3.8, 4) is 0 Å². The summed E-state index contributed by atoms with van der Waals surface area (Å²) in [4.78, 5) is 10.3. The van der Waals surface area contributed by atoms with Crippen molar-refractivity contribution in [2.45, 2.75) is 38.8 Å². The van der Waals surface area contributed by atoms with E-state index in [0.717, 1.165) is 12.0 Å². The molecule has 0 spiro atoms. The molecule has 1 aliphatic carbocycles. The van der Waals surface area contributed by atoms with Gasteiger partial charge in [-0.1, -0.05) is 25.2 Å². The number of halogens is 1. The fraction of sp³-hybridized carbons (Fsp3) is 0.583. The van der Waals surface area contributed by atoms with Gasteiger partial charge in [0.2, 0.25) is 0 Å². The SMILES string of the molecule is CC1C=CC=C(CCCCC(=O)O)C1F. The van der Waals surface area contributed by atoms with E-state index in [2.05, 4.69) is 0 Å². The Morgan fingerprint density at radius 3 is 2.93 bits per heavy atom. The Labute approximate surface area is 89.5 Å². The predicted molar refractivity (Wildman–Crippen MR) is 57.4 cm³/mol. The first kappa shape index (κ1) is 12.0. The maximum Gasteiger partial charge on any atom is 0.303 e. The van der Waals surface area contributed by atoms with Crippen LogP contribution in [0, 0.1) is 5.92 Å². The highest BCUT2D eigenvalue weighted by atomic mass is 19.1. The quantitative estimate of drug-likeness (QED) is 0.711. The highest BCUT2D eigenvalue weighted by molar-refractivity contribution is 5.66. The minimum atomic E-state index is -0.889. The number of carbonyl (C=O) groups is 1. The van der Waals surface area contributed by atoms with Gasteiger partial charge in [0.1, 0.15) is 6.17 Å². The highest BCUT2D eigenvalue weighted by Crippen LogP contribution is 2.26. The van der Waals surface area contributed by atoms with Crippen molar-refractivity contribution in [3.05, 3.63) is 23.8 Å². The zero-order valence-corrected chi connectivity index (χ0v) is 8.95. The van der Waals surface area contributed by atoms with Crippen molar-refractivity contribution in [1.29, 1.82) is 0 Å². The lowest BCUT2D eigenvalue weighted by atomic mass is 9.90. The molecule has 15 heavy (non-hydrogen) atoms. The number of unbranched alkanes of at least 4 members (excludes halogenated alkanes) is 1. The molecule has 2 nitrogen and oxygen atoms in total. The van der Waals surface area contributed by atoms with Gasteiger partial charge < -0.3 is 5.11 Å². The lowest BCUT2D eigenvalue weighted by molar-refractivity contribution is -0.137. The van der Waals surface area contributed by atoms with E-state index < -0.39 is 12.1 Å². The molecule has 2 unspecified atom stereocenters. The largest absolute Gasteiger partial charge is 0.481 e. The number of carboxylic acids is 1. The van der Waals surface area contributed by atoms with Crippen LogP contribution < -0.4 is 0 Å². The number of alkyl halides is 1. The fourth-order valence-corrected chi connectivity index (χ4v) is 1.71. The summed E-state index contributed by atoms with van der Waals surface area (Å²) >= 11 is 0. The van der Waals surface area contributed by atoms with E-state index in [4.69, 9.17) is 5.11 Å². The second kappa shape index (κ2) is 5.69. The van der Waals surface area contributed by atoms with Crippen LogP contribution in [0.4, 0.5) is 4.39 Å². The Hall–Kier alpha value is -1.12. The summed E-state index contributed by atoms with van der Waals surface area (Å²) in [5.74, 6) is -0.831. The topological polar surface area (TPSA) is 37.3 Å². The molecule has 0 aromatic carbocycles. The number of hydrogen-bond donors (Lipinski definition) is 1. The van der Waals surface area contributed by atoms with Crippen LogP contribution >= 0.6 is 0 Å². The summed E-state index contributed by atoms with van der Waals surface area (Å²) in [6.07, 6.45) is 6.87. The summed E-state index contributed by atoms with van der Waals surface area (Å²) in [5, 5.41) is 8.44. The van der Waals surface area contributed by atoms with Gasteiger partial charge in [-0.25, -0.2) is 4.39 Å². The smallest absolute Gasteiger partial charge is 0.303 e. The van der Waals surface area contributed by atoms with Gasteiger partial charge in [0.15, 0.2) is 0 Å². The molecule has 0 saturated carbocycles. The lowest BCUT2D eigenvalue weighted by Gasteiger charge is -2.19. The Morgan fingerprint density at radius 1 is 1.53 bits per heavy atom. The molecule has 3 heteroatoms. The molecule has 0 amide bonds. The van der Waals surface area contributed by atoms with Crippen LogP contribution in [0.3, 0.4) is 0 Å². The molecule has 1 rings (SSSR count). The van der Waals surface area contributed by atoms with Crippen LogP contribution in [-0.4, -0.2) is 17.2 Å². The number of allylic oxidation sites excluding steroid dienone is 4. The number of carboxylic acid groups (broad SMARTS) is 1. The van der Waals surface area contributed by atoms with Gasteiger partial charge in [-0.2, -0.15) is 0 Å². The molecular formula is C12H17FO2. The van der Waals surface area contributed by atoms with E-state index >= 15 is 0 Å². The Bertz CT molecular complexity index is 281. The fourth-order valence-electron chi connectivity index (χ4n) is 1.71. The first-order chi connectivity index (χ1) is 7.11. The first-order valence-corrected chi connectivity index (χ1v) is 5.34. The Kier molecular flexibility index (Phi) is 4.53. The van der Waals surface area contributed by atoms with Crippen molar-refractivity contribution in [2.75, 3.05) is 0 Å². The van der Waals surface area contributed by atoms with Gasteiger partial charge in [0.05, 0.1) is 0 Å². The minimum Gasteiger partial charge on any atom is -0.481 e. The minimum absolute atomic E-state index is 0.0514. The third-order valence-electron chi connectivity index (χ3n) is 2.65. The van der Waals surface area contributed by atoms with Gasteiger partial charge in [0, 0.05) is 12.3 Å². The van der Waals surface area contributed by atoms with Crippen LogP contribution in [0.5, 0.6) is 0 Å². The zero-order valence-electron chi connectivity index (χ0n) is 8.95. The van der Waals surface area contributed by atoms with Crippen molar-refractivity contribution >= 4 is 5.97 Å². The van der Waals surface area contributed by atoms with Crippen LogP contribution in [0.15, 0.2) is 23.8 Å². The van der Waals surface area contributed by atoms with Crippen molar-refractivity contribution < 1.29 is 14.3 Å².